The zero-order valence-electron chi connectivity index (χ0n) is 12.4. The molecule has 0 spiro atoms. The zero-order chi connectivity index (χ0) is 15.9. The second-order valence-corrected chi connectivity index (χ2v) is 5.03. The van der Waals surface area contributed by atoms with Crippen LogP contribution in [0.5, 0.6) is 5.88 Å². The van der Waals surface area contributed by atoms with Gasteiger partial charge in [-0.05, 0) is 36.5 Å². The number of aliphatic hydroxyl groups is 1. The molecule has 2 rings (SSSR count). The summed E-state index contributed by atoms with van der Waals surface area (Å²) in [6.07, 6.45) is 2.13. The lowest BCUT2D eigenvalue weighted by Gasteiger charge is -2.07. The number of pyridine rings is 1. The first-order valence-electron chi connectivity index (χ1n) is 7.10. The van der Waals surface area contributed by atoms with Gasteiger partial charge in [-0.25, -0.2) is 9.78 Å². The fourth-order valence-corrected chi connectivity index (χ4v) is 2.16. The van der Waals surface area contributed by atoms with Gasteiger partial charge >= 0.3 is 5.97 Å². The van der Waals surface area contributed by atoms with Crippen molar-refractivity contribution in [3.8, 4) is 17.0 Å². The minimum atomic E-state index is -1.27. The Kier molecular flexibility index (Phi) is 5.49. The maximum Gasteiger partial charge on any atom is 0.332 e. The lowest BCUT2D eigenvalue weighted by molar-refractivity contribution is -0.146. The number of carbonyl (C=O) groups is 1. The van der Waals surface area contributed by atoms with Gasteiger partial charge in [0.1, 0.15) is 0 Å². The summed E-state index contributed by atoms with van der Waals surface area (Å²) >= 11 is 0. The number of hydrogen-bond donors (Lipinski definition) is 2. The van der Waals surface area contributed by atoms with Gasteiger partial charge in [-0.15, -0.1) is 0 Å². The van der Waals surface area contributed by atoms with E-state index in [0.717, 1.165) is 23.1 Å². The van der Waals surface area contributed by atoms with E-state index in [2.05, 4.69) is 4.98 Å². The first-order valence-corrected chi connectivity index (χ1v) is 7.10. The topological polar surface area (TPSA) is 79.7 Å². The molecule has 0 aliphatic heterocycles. The Bertz CT molecular complexity index is 608. The van der Waals surface area contributed by atoms with E-state index in [-0.39, 0.29) is 6.42 Å². The predicted molar refractivity (Wildman–Crippen MR) is 82.8 cm³/mol. The van der Waals surface area contributed by atoms with Crippen LogP contribution in [0.2, 0.25) is 0 Å². The summed E-state index contributed by atoms with van der Waals surface area (Å²) in [6, 6.07) is 11.8. The molecule has 1 atom stereocenters. The fraction of sp³-hybridized carbons (Fsp3) is 0.294. The molecular weight excluding hydrogens is 282 g/mol. The van der Waals surface area contributed by atoms with E-state index in [0.29, 0.717) is 12.3 Å². The molecule has 5 heteroatoms. The molecular formula is C17H19NO4. The first kappa shape index (κ1) is 16.0. The number of rotatable bonds is 7. The summed E-state index contributed by atoms with van der Waals surface area (Å²) in [5.74, 6) is -0.584. The number of carboxylic acid groups (broad SMARTS) is 1. The number of aromatic nitrogens is 1. The number of aliphatic carboxylic acids is 1. The largest absolute Gasteiger partial charge is 0.481 e. The number of nitrogens with zero attached hydrogens (tertiary/aromatic N) is 1. The fourth-order valence-electron chi connectivity index (χ4n) is 2.16. The Balaban J connectivity index is 1.93. The van der Waals surface area contributed by atoms with Crippen LogP contribution < -0.4 is 4.74 Å². The quantitative estimate of drug-likeness (QED) is 0.821. The van der Waals surface area contributed by atoms with Gasteiger partial charge in [-0.1, -0.05) is 24.3 Å². The van der Waals surface area contributed by atoms with Crippen LogP contribution in [-0.4, -0.2) is 34.4 Å². The SMILES string of the molecule is COc1ccc(-c2ccc(CCCC(O)C(=O)O)cc2)cn1. The summed E-state index contributed by atoms with van der Waals surface area (Å²) < 4.78 is 5.03. The van der Waals surface area contributed by atoms with Crippen molar-refractivity contribution in [2.75, 3.05) is 7.11 Å². The normalized spacial score (nSPS) is 11.9. The van der Waals surface area contributed by atoms with Crippen molar-refractivity contribution in [2.45, 2.75) is 25.4 Å². The number of hydrogen-bond acceptors (Lipinski definition) is 4. The molecule has 0 aliphatic rings. The number of ether oxygens (including phenoxy) is 1. The van der Waals surface area contributed by atoms with Crippen molar-refractivity contribution < 1.29 is 19.7 Å². The smallest absolute Gasteiger partial charge is 0.332 e. The number of carboxylic acids is 1. The Labute approximate surface area is 129 Å². The number of aliphatic hydroxyl groups excluding tert-OH is 1. The van der Waals surface area contributed by atoms with Crippen LogP contribution in [0.4, 0.5) is 0 Å². The molecule has 5 nitrogen and oxygen atoms in total. The molecule has 0 saturated carbocycles. The van der Waals surface area contributed by atoms with E-state index < -0.39 is 12.1 Å². The summed E-state index contributed by atoms with van der Waals surface area (Å²) in [5.41, 5.74) is 3.18. The van der Waals surface area contributed by atoms with Crippen molar-refractivity contribution in [3.05, 3.63) is 48.2 Å². The molecule has 0 radical (unpaired) electrons. The zero-order valence-corrected chi connectivity index (χ0v) is 12.4. The van der Waals surface area contributed by atoms with Crippen LogP contribution >= 0.6 is 0 Å². The standard InChI is InChI=1S/C17H19NO4/c1-22-16-10-9-14(11-18-16)13-7-5-12(6-8-13)3-2-4-15(19)17(20)21/h5-11,15,19H,2-4H2,1H3,(H,20,21). The van der Waals surface area contributed by atoms with E-state index in [9.17, 15) is 9.90 Å². The van der Waals surface area contributed by atoms with Crippen molar-refractivity contribution in [2.24, 2.45) is 0 Å². The van der Waals surface area contributed by atoms with Gasteiger partial charge in [0.25, 0.3) is 0 Å². The van der Waals surface area contributed by atoms with Crippen molar-refractivity contribution in [3.63, 3.8) is 0 Å². The molecule has 2 N–H and O–H groups in total. The van der Waals surface area contributed by atoms with E-state index in [1.807, 2.05) is 36.4 Å². The third kappa shape index (κ3) is 4.30. The molecule has 1 aromatic heterocycles. The highest BCUT2D eigenvalue weighted by Gasteiger charge is 2.11. The predicted octanol–water partition coefficient (Wildman–Crippen LogP) is 2.53. The molecule has 116 valence electrons. The van der Waals surface area contributed by atoms with Gasteiger partial charge in [0.2, 0.25) is 5.88 Å². The molecule has 0 saturated heterocycles. The summed E-state index contributed by atoms with van der Waals surface area (Å²) in [7, 11) is 1.58. The number of methoxy groups -OCH3 is 1. The average Bonchev–Trinajstić information content (AvgIpc) is 2.55. The Morgan fingerprint density at radius 3 is 2.41 bits per heavy atom. The van der Waals surface area contributed by atoms with Gasteiger partial charge in [0, 0.05) is 17.8 Å². The van der Waals surface area contributed by atoms with Gasteiger partial charge in [-0.2, -0.15) is 0 Å². The molecule has 1 heterocycles. The monoisotopic (exact) mass is 301 g/mol. The van der Waals surface area contributed by atoms with Crippen molar-refractivity contribution in [1.82, 2.24) is 4.98 Å². The van der Waals surface area contributed by atoms with Crippen LogP contribution in [0.3, 0.4) is 0 Å². The molecule has 1 aromatic carbocycles. The second-order valence-electron chi connectivity index (χ2n) is 5.03. The minimum absolute atomic E-state index is 0.263. The third-order valence-electron chi connectivity index (χ3n) is 3.46. The van der Waals surface area contributed by atoms with Gasteiger partial charge in [-0.3, -0.25) is 0 Å². The van der Waals surface area contributed by atoms with E-state index in [1.165, 1.54) is 0 Å². The summed E-state index contributed by atoms with van der Waals surface area (Å²) in [4.78, 5) is 14.7. The van der Waals surface area contributed by atoms with E-state index in [4.69, 9.17) is 9.84 Å². The highest BCUT2D eigenvalue weighted by molar-refractivity contribution is 5.71. The van der Waals surface area contributed by atoms with E-state index in [1.54, 1.807) is 13.3 Å². The van der Waals surface area contributed by atoms with Crippen LogP contribution in [0.25, 0.3) is 11.1 Å². The summed E-state index contributed by atoms with van der Waals surface area (Å²) in [5, 5.41) is 17.8. The summed E-state index contributed by atoms with van der Waals surface area (Å²) in [6.45, 7) is 0. The number of aryl methyl sites for hydroxylation is 1. The van der Waals surface area contributed by atoms with Crippen LogP contribution in [0, 0.1) is 0 Å². The maximum atomic E-state index is 10.5. The Hall–Kier alpha value is -2.40. The third-order valence-corrected chi connectivity index (χ3v) is 3.46. The highest BCUT2D eigenvalue weighted by Crippen LogP contribution is 2.21. The number of benzene rings is 1. The van der Waals surface area contributed by atoms with Crippen molar-refractivity contribution in [1.29, 1.82) is 0 Å². The lowest BCUT2D eigenvalue weighted by atomic mass is 10.0. The lowest BCUT2D eigenvalue weighted by Crippen LogP contribution is -2.19. The average molecular weight is 301 g/mol. The minimum Gasteiger partial charge on any atom is -0.481 e. The second kappa shape index (κ2) is 7.56. The molecule has 0 aliphatic carbocycles. The van der Waals surface area contributed by atoms with Gasteiger partial charge < -0.3 is 14.9 Å². The maximum absolute atomic E-state index is 10.5. The van der Waals surface area contributed by atoms with Crippen LogP contribution in [0.15, 0.2) is 42.6 Å². The molecule has 22 heavy (non-hydrogen) atoms. The highest BCUT2D eigenvalue weighted by atomic mass is 16.5. The molecule has 1 unspecified atom stereocenters. The van der Waals surface area contributed by atoms with Crippen LogP contribution in [-0.2, 0) is 11.2 Å². The molecule has 0 bridgehead atoms. The van der Waals surface area contributed by atoms with Gasteiger partial charge in [0.15, 0.2) is 6.10 Å². The molecule has 0 fully saturated rings. The Morgan fingerprint density at radius 2 is 1.86 bits per heavy atom. The van der Waals surface area contributed by atoms with Crippen LogP contribution in [0.1, 0.15) is 18.4 Å². The Morgan fingerprint density at radius 1 is 1.18 bits per heavy atom. The van der Waals surface area contributed by atoms with Gasteiger partial charge in [0.05, 0.1) is 7.11 Å². The first-order chi connectivity index (χ1) is 10.6. The van der Waals surface area contributed by atoms with Crippen molar-refractivity contribution >= 4 is 5.97 Å². The van der Waals surface area contributed by atoms with E-state index >= 15 is 0 Å². The molecule has 0 amide bonds. The molecule has 2 aromatic rings.